The van der Waals surface area contributed by atoms with Gasteiger partial charge in [0.2, 0.25) is 5.91 Å². The number of nitrogens with zero attached hydrogens (tertiary/aromatic N) is 5. The second kappa shape index (κ2) is 7.80. The Morgan fingerprint density at radius 3 is 2.80 bits per heavy atom. The zero-order chi connectivity index (χ0) is 17.8. The number of carbonyl (C=O) groups excluding carboxylic acids is 1. The van der Waals surface area contributed by atoms with E-state index in [9.17, 15) is 4.79 Å². The van der Waals surface area contributed by atoms with E-state index in [1.807, 2.05) is 19.1 Å². The Morgan fingerprint density at radius 2 is 2.08 bits per heavy atom. The van der Waals surface area contributed by atoms with Gasteiger partial charge >= 0.3 is 0 Å². The summed E-state index contributed by atoms with van der Waals surface area (Å²) in [5.41, 5.74) is 0.728. The molecule has 136 valence electrons. The fourth-order valence-electron chi connectivity index (χ4n) is 3.06. The molecule has 7 nitrogen and oxygen atoms in total. The molecule has 3 rings (SSSR count). The molecule has 1 aliphatic heterocycles. The van der Waals surface area contributed by atoms with Gasteiger partial charge in [-0.1, -0.05) is 13.8 Å². The quantitative estimate of drug-likeness (QED) is 0.869. The highest BCUT2D eigenvalue weighted by atomic mass is 16.1. The van der Waals surface area contributed by atoms with Gasteiger partial charge in [0.05, 0.1) is 0 Å². The summed E-state index contributed by atoms with van der Waals surface area (Å²) in [6.07, 6.45) is 4.27. The summed E-state index contributed by atoms with van der Waals surface area (Å²) in [7, 11) is 0. The van der Waals surface area contributed by atoms with Crippen LogP contribution in [-0.2, 0) is 11.2 Å². The molecule has 0 radical (unpaired) electrons. The summed E-state index contributed by atoms with van der Waals surface area (Å²) in [5.74, 6) is 2.53. The third kappa shape index (κ3) is 4.27. The van der Waals surface area contributed by atoms with Gasteiger partial charge in [0, 0.05) is 32.0 Å². The van der Waals surface area contributed by atoms with E-state index < -0.39 is 0 Å². The maximum Gasteiger partial charge on any atom is 0.220 e. The lowest BCUT2D eigenvalue weighted by atomic mass is 9.99. The zero-order valence-electron chi connectivity index (χ0n) is 15.4. The minimum absolute atomic E-state index is 0.0484. The van der Waals surface area contributed by atoms with Crippen LogP contribution < -0.4 is 10.2 Å². The van der Waals surface area contributed by atoms with Crippen molar-refractivity contribution in [3.05, 3.63) is 18.0 Å². The average molecular weight is 344 g/mol. The molecule has 0 bridgehead atoms. The van der Waals surface area contributed by atoms with Crippen LogP contribution in [0.15, 0.2) is 12.1 Å². The Kier molecular flexibility index (Phi) is 5.50. The summed E-state index contributed by atoms with van der Waals surface area (Å²) >= 11 is 0. The van der Waals surface area contributed by atoms with Gasteiger partial charge in [0.25, 0.3) is 0 Å². The first-order valence-corrected chi connectivity index (χ1v) is 9.32. The molecular weight excluding hydrogens is 316 g/mol. The Morgan fingerprint density at radius 1 is 1.32 bits per heavy atom. The molecule has 1 amide bonds. The predicted molar refractivity (Wildman–Crippen MR) is 97.6 cm³/mol. The summed E-state index contributed by atoms with van der Waals surface area (Å²) in [5, 5.41) is 16.1. The van der Waals surface area contributed by atoms with Crippen molar-refractivity contribution in [1.82, 2.24) is 25.1 Å². The van der Waals surface area contributed by atoms with Crippen LogP contribution in [0.25, 0.3) is 5.65 Å². The van der Waals surface area contributed by atoms with Crippen LogP contribution >= 0.6 is 0 Å². The van der Waals surface area contributed by atoms with Crippen LogP contribution in [0.2, 0.25) is 0 Å². The van der Waals surface area contributed by atoms with Crippen molar-refractivity contribution in [1.29, 1.82) is 0 Å². The molecule has 1 fully saturated rings. The second-order valence-corrected chi connectivity index (χ2v) is 7.12. The van der Waals surface area contributed by atoms with Crippen molar-refractivity contribution in [2.24, 2.45) is 5.92 Å². The van der Waals surface area contributed by atoms with Gasteiger partial charge in [-0.2, -0.15) is 4.52 Å². The molecule has 0 aromatic carbocycles. The van der Waals surface area contributed by atoms with Crippen molar-refractivity contribution in [2.75, 3.05) is 18.0 Å². The van der Waals surface area contributed by atoms with E-state index in [0.717, 1.165) is 42.7 Å². The van der Waals surface area contributed by atoms with Crippen LogP contribution in [0.1, 0.15) is 52.3 Å². The zero-order valence-corrected chi connectivity index (χ0v) is 15.4. The number of aromatic nitrogens is 4. The number of hydrogen-bond acceptors (Lipinski definition) is 5. The summed E-state index contributed by atoms with van der Waals surface area (Å²) < 4.78 is 1.78. The molecular formula is C18H28N6O. The van der Waals surface area contributed by atoms with Crippen molar-refractivity contribution in [3.8, 4) is 0 Å². The molecule has 2 aromatic heterocycles. The minimum Gasteiger partial charge on any atom is -0.355 e. The predicted octanol–water partition coefficient (Wildman–Crippen LogP) is 2.21. The third-order valence-corrected chi connectivity index (χ3v) is 5.02. The second-order valence-electron chi connectivity index (χ2n) is 7.12. The van der Waals surface area contributed by atoms with E-state index >= 15 is 0 Å². The summed E-state index contributed by atoms with van der Waals surface area (Å²) in [6.45, 7) is 8.45. The van der Waals surface area contributed by atoms with Crippen molar-refractivity contribution in [3.63, 3.8) is 0 Å². The highest BCUT2D eigenvalue weighted by Crippen LogP contribution is 2.21. The van der Waals surface area contributed by atoms with E-state index in [1.54, 1.807) is 4.52 Å². The SMILES string of the molecule is CC[C@@H](C)NC(=O)CCc1nnc2ccc(N3CCC(C)CC3)nn12. The number of piperidine rings is 1. The van der Waals surface area contributed by atoms with E-state index in [1.165, 1.54) is 12.8 Å². The van der Waals surface area contributed by atoms with Crippen LogP contribution in [0.3, 0.4) is 0 Å². The largest absolute Gasteiger partial charge is 0.355 e. The molecule has 0 spiro atoms. The number of amides is 1. The van der Waals surface area contributed by atoms with Crippen LogP contribution in [-0.4, -0.2) is 44.8 Å². The highest BCUT2D eigenvalue weighted by molar-refractivity contribution is 5.76. The van der Waals surface area contributed by atoms with Gasteiger partial charge in [-0.05, 0) is 44.2 Å². The number of anilines is 1. The van der Waals surface area contributed by atoms with Crippen LogP contribution in [0.4, 0.5) is 5.82 Å². The molecule has 1 N–H and O–H groups in total. The van der Waals surface area contributed by atoms with Gasteiger partial charge in [-0.15, -0.1) is 15.3 Å². The topological polar surface area (TPSA) is 75.4 Å². The lowest BCUT2D eigenvalue weighted by Crippen LogP contribution is -2.33. The number of nitrogens with one attached hydrogen (secondary N) is 1. The van der Waals surface area contributed by atoms with E-state index in [4.69, 9.17) is 5.10 Å². The van der Waals surface area contributed by atoms with Gasteiger partial charge in [0.1, 0.15) is 5.82 Å². The van der Waals surface area contributed by atoms with E-state index in [-0.39, 0.29) is 11.9 Å². The number of rotatable bonds is 6. The molecule has 7 heteroatoms. The molecule has 1 saturated heterocycles. The first-order valence-electron chi connectivity index (χ1n) is 9.32. The maximum absolute atomic E-state index is 12.0. The highest BCUT2D eigenvalue weighted by Gasteiger charge is 2.18. The summed E-state index contributed by atoms with van der Waals surface area (Å²) in [4.78, 5) is 14.3. The van der Waals surface area contributed by atoms with Gasteiger partial charge in [0.15, 0.2) is 11.5 Å². The van der Waals surface area contributed by atoms with Crippen molar-refractivity contribution < 1.29 is 4.79 Å². The first kappa shape index (κ1) is 17.6. The van der Waals surface area contributed by atoms with Crippen molar-refractivity contribution >= 4 is 17.4 Å². The van der Waals surface area contributed by atoms with E-state index in [0.29, 0.717) is 12.8 Å². The van der Waals surface area contributed by atoms with Gasteiger partial charge in [-0.3, -0.25) is 4.79 Å². The standard InChI is InChI=1S/C18H28N6O/c1-4-14(3)19-18(25)8-7-16-21-20-15-5-6-17(22-24(15)16)23-11-9-13(2)10-12-23/h5-6,13-14H,4,7-12H2,1-3H3,(H,19,25)/t14-/m1/s1. The monoisotopic (exact) mass is 344 g/mol. The molecule has 3 heterocycles. The first-order chi connectivity index (χ1) is 12.1. The van der Waals surface area contributed by atoms with Crippen LogP contribution in [0.5, 0.6) is 0 Å². The Balaban J connectivity index is 1.69. The Hall–Kier alpha value is -2.18. The fourth-order valence-corrected chi connectivity index (χ4v) is 3.06. The molecule has 0 unspecified atom stereocenters. The number of fused-ring (bicyclic) bond motifs is 1. The lowest BCUT2D eigenvalue weighted by molar-refractivity contribution is -0.121. The fraction of sp³-hybridized carbons (Fsp3) is 0.667. The molecule has 25 heavy (non-hydrogen) atoms. The average Bonchev–Trinajstić information content (AvgIpc) is 3.02. The number of aryl methyl sites for hydroxylation is 1. The Bertz CT molecular complexity index is 719. The Labute approximate surface area is 148 Å². The molecule has 1 atom stereocenters. The minimum atomic E-state index is 0.0484. The normalized spacial score (nSPS) is 17.0. The maximum atomic E-state index is 12.0. The molecule has 2 aromatic rings. The molecule has 0 saturated carbocycles. The third-order valence-electron chi connectivity index (χ3n) is 5.02. The van der Waals surface area contributed by atoms with Crippen LogP contribution in [0, 0.1) is 5.92 Å². The lowest BCUT2D eigenvalue weighted by Gasteiger charge is -2.30. The number of hydrogen-bond donors (Lipinski definition) is 1. The molecule has 1 aliphatic rings. The van der Waals surface area contributed by atoms with Crippen molar-refractivity contribution in [2.45, 2.75) is 58.9 Å². The molecule has 0 aliphatic carbocycles. The smallest absolute Gasteiger partial charge is 0.220 e. The van der Waals surface area contributed by atoms with Gasteiger partial charge in [-0.25, -0.2) is 0 Å². The summed E-state index contributed by atoms with van der Waals surface area (Å²) in [6, 6.07) is 4.17. The van der Waals surface area contributed by atoms with Gasteiger partial charge < -0.3 is 10.2 Å². The number of carbonyl (C=O) groups is 1. The van der Waals surface area contributed by atoms with E-state index in [2.05, 4.69) is 34.3 Å².